The average Bonchev–Trinajstić information content (AvgIpc) is 2.59. The number of hydrogen-bond acceptors (Lipinski definition) is 4. The van der Waals surface area contributed by atoms with Crippen LogP contribution in [0.2, 0.25) is 0 Å². The van der Waals surface area contributed by atoms with E-state index in [1.807, 2.05) is 66.7 Å². The summed E-state index contributed by atoms with van der Waals surface area (Å²) in [6.07, 6.45) is 0. The lowest BCUT2D eigenvalue weighted by molar-refractivity contribution is 0.447. The van der Waals surface area contributed by atoms with Gasteiger partial charge in [-0.15, -0.1) is 0 Å². The van der Waals surface area contributed by atoms with Crippen LogP contribution in [0.3, 0.4) is 0 Å². The van der Waals surface area contributed by atoms with Crippen LogP contribution in [0.15, 0.2) is 66.7 Å². The second-order valence-corrected chi connectivity index (χ2v) is 7.19. The van der Waals surface area contributed by atoms with Gasteiger partial charge >= 0.3 is 0 Å². The third-order valence-electron chi connectivity index (χ3n) is 4.04. The Hall–Kier alpha value is -3.14. The van der Waals surface area contributed by atoms with Crippen molar-refractivity contribution in [2.24, 2.45) is 0 Å². The van der Waals surface area contributed by atoms with Crippen LogP contribution >= 0.6 is 0 Å². The predicted octanol–water partition coefficient (Wildman–Crippen LogP) is 5.73. The maximum atomic E-state index is 6.09. The molecule has 0 unspecified atom stereocenters. The molecule has 0 amide bonds. The van der Waals surface area contributed by atoms with Gasteiger partial charge in [0.05, 0.1) is 11.4 Å². The quantitative estimate of drug-likeness (QED) is 0.590. The summed E-state index contributed by atoms with van der Waals surface area (Å²) in [5, 5.41) is 0. The van der Waals surface area contributed by atoms with Crippen LogP contribution in [0.25, 0.3) is 0 Å². The van der Waals surface area contributed by atoms with Gasteiger partial charge in [0.15, 0.2) is 0 Å². The molecule has 4 heteroatoms. The Labute approximate surface area is 154 Å². The normalized spacial score (nSPS) is 11.2. The molecule has 4 N–H and O–H groups in total. The number of ether oxygens (including phenoxy) is 2. The van der Waals surface area contributed by atoms with Crippen molar-refractivity contribution in [3.8, 4) is 23.0 Å². The molecule has 0 aliphatic heterocycles. The monoisotopic (exact) mass is 348 g/mol. The van der Waals surface area contributed by atoms with Crippen LogP contribution in [0.4, 0.5) is 11.4 Å². The summed E-state index contributed by atoms with van der Waals surface area (Å²) in [5.41, 5.74) is 14.1. The minimum Gasteiger partial charge on any atom is -0.455 e. The van der Waals surface area contributed by atoms with Crippen LogP contribution in [-0.2, 0) is 5.41 Å². The molecule has 3 aromatic carbocycles. The Kier molecular flexibility index (Phi) is 4.76. The molecular formula is C22H24N2O2. The standard InChI is InChI=1S/C22H24N2O2/c1-22(2,3)16-14-15(25-20-10-6-4-8-17(20)23)12-13-19(16)26-21-11-7-5-9-18(21)24/h4-14H,23-24H2,1-3H3. The van der Waals surface area contributed by atoms with Crippen LogP contribution in [0.5, 0.6) is 23.0 Å². The second-order valence-electron chi connectivity index (χ2n) is 7.19. The molecule has 0 aromatic heterocycles. The molecule has 0 saturated heterocycles. The second kappa shape index (κ2) is 7.00. The number of hydrogen-bond donors (Lipinski definition) is 2. The van der Waals surface area contributed by atoms with E-state index in [4.69, 9.17) is 20.9 Å². The summed E-state index contributed by atoms with van der Waals surface area (Å²) in [6, 6.07) is 20.7. The molecule has 26 heavy (non-hydrogen) atoms. The molecule has 0 saturated carbocycles. The molecule has 134 valence electrons. The number of nitrogens with two attached hydrogens (primary N) is 2. The summed E-state index contributed by atoms with van der Waals surface area (Å²) >= 11 is 0. The first kappa shape index (κ1) is 17.7. The van der Waals surface area contributed by atoms with Crippen LogP contribution < -0.4 is 20.9 Å². The van der Waals surface area contributed by atoms with E-state index in [1.165, 1.54) is 0 Å². The molecule has 0 bridgehead atoms. The first-order valence-electron chi connectivity index (χ1n) is 8.54. The summed E-state index contributed by atoms with van der Waals surface area (Å²) in [7, 11) is 0. The zero-order valence-corrected chi connectivity index (χ0v) is 15.3. The number of para-hydroxylation sites is 4. The van der Waals surface area contributed by atoms with E-state index in [2.05, 4.69) is 20.8 Å². The molecule has 0 heterocycles. The van der Waals surface area contributed by atoms with Crippen molar-refractivity contribution in [3.05, 3.63) is 72.3 Å². The Morgan fingerprint density at radius 3 is 1.73 bits per heavy atom. The fourth-order valence-corrected chi connectivity index (χ4v) is 2.64. The fraction of sp³-hybridized carbons (Fsp3) is 0.182. The molecule has 0 fully saturated rings. The van der Waals surface area contributed by atoms with Gasteiger partial charge in [-0.1, -0.05) is 45.0 Å². The van der Waals surface area contributed by atoms with E-state index in [9.17, 15) is 0 Å². The molecule has 0 aliphatic rings. The van der Waals surface area contributed by atoms with Gasteiger partial charge in [-0.25, -0.2) is 0 Å². The minimum absolute atomic E-state index is 0.138. The molecule has 0 radical (unpaired) electrons. The smallest absolute Gasteiger partial charge is 0.150 e. The summed E-state index contributed by atoms with van der Waals surface area (Å²) in [6.45, 7) is 6.39. The number of rotatable bonds is 4. The average molecular weight is 348 g/mol. The zero-order valence-electron chi connectivity index (χ0n) is 15.3. The third-order valence-corrected chi connectivity index (χ3v) is 4.04. The summed E-state index contributed by atoms with van der Waals surface area (Å²) in [4.78, 5) is 0. The van der Waals surface area contributed by atoms with E-state index in [0.717, 1.165) is 11.3 Å². The summed E-state index contributed by atoms with van der Waals surface area (Å²) < 4.78 is 12.1. The maximum absolute atomic E-state index is 6.09. The van der Waals surface area contributed by atoms with Crippen LogP contribution in [-0.4, -0.2) is 0 Å². The topological polar surface area (TPSA) is 70.5 Å². The molecular weight excluding hydrogens is 324 g/mol. The van der Waals surface area contributed by atoms with Crippen molar-refractivity contribution < 1.29 is 9.47 Å². The van der Waals surface area contributed by atoms with Gasteiger partial charge in [0.1, 0.15) is 23.0 Å². The van der Waals surface area contributed by atoms with Crippen LogP contribution in [0.1, 0.15) is 26.3 Å². The maximum Gasteiger partial charge on any atom is 0.150 e. The first-order valence-corrected chi connectivity index (χ1v) is 8.54. The van der Waals surface area contributed by atoms with E-state index in [1.54, 1.807) is 0 Å². The number of benzene rings is 3. The summed E-state index contributed by atoms with van der Waals surface area (Å²) in [5.74, 6) is 2.73. The van der Waals surface area contributed by atoms with E-state index in [-0.39, 0.29) is 5.41 Å². The fourth-order valence-electron chi connectivity index (χ4n) is 2.64. The first-order chi connectivity index (χ1) is 12.3. The Bertz CT molecular complexity index is 914. The van der Waals surface area contributed by atoms with Gasteiger partial charge in [-0.3, -0.25) is 0 Å². The lowest BCUT2D eigenvalue weighted by Crippen LogP contribution is -2.13. The Balaban J connectivity index is 1.96. The highest BCUT2D eigenvalue weighted by Crippen LogP contribution is 2.39. The molecule has 4 nitrogen and oxygen atoms in total. The predicted molar refractivity (Wildman–Crippen MR) is 107 cm³/mol. The highest BCUT2D eigenvalue weighted by Gasteiger charge is 2.21. The number of anilines is 2. The number of nitrogen functional groups attached to an aromatic ring is 2. The highest BCUT2D eigenvalue weighted by molar-refractivity contribution is 5.57. The molecule has 0 atom stereocenters. The van der Waals surface area contributed by atoms with Gasteiger partial charge in [-0.05, 0) is 47.9 Å². The Morgan fingerprint density at radius 2 is 1.19 bits per heavy atom. The van der Waals surface area contributed by atoms with Crippen molar-refractivity contribution in [1.82, 2.24) is 0 Å². The van der Waals surface area contributed by atoms with Gasteiger partial charge < -0.3 is 20.9 Å². The SMILES string of the molecule is CC(C)(C)c1cc(Oc2ccccc2N)ccc1Oc1ccccc1N. The Morgan fingerprint density at radius 1 is 0.654 bits per heavy atom. The van der Waals surface area contributed by atoms with Gasteiger partial charge in [0.2, 0.25) is 0 Å². The molecule has 0 aliphatic carbocycles. The van der Waals surface area contributed by atoms with E-state index >= 15 is 0 Å². The lowest BCUT2D eigenvalue weighted by atomic mass is 9.86. The zero-order chi connectivity index (χ0) is 18.7. The van der Waals surface area contributed by atoms with Gasteiger partial charge in [0.25, 0.3) is 0 Å². The molecule has 3 rings (SSSR count). The van der Waals surface area contributed by atoms with E-state index in [0.29, 0.717) is 28.6 Å². The van der Waals surface area contributed by atoms with Crippen molar-refractivity contribution in [1.29, 1.82) is 0 Å². The van der Waals surface area contributed by atoms with Crippen LogP contribution in [0, 0.1) is 0 Å². The van der Waals surface area contributed by atoms with Gasteiger partial charge in [0, 0.05) is 5.56 Å². The van der Waals surface area contributed by atoms with Crippen molar-refractivity contribution >= 4 is 11.4 Å². The lowest BCUT2D eigenvalue weighted by Gasteiger charge is -2.24. The largest absolute Gasteiger partial charge is 0.455 e. The van der Waals surface area contributed by atoms with Gasteiger partial charge in [-0.2, -0.15) is 0 Å². The van der Waals surface area contributed by atoms with Crippen molar-refractivity contribution in [2.75, 3.05) is 11.5 Å². The highest BCUT2D eigenvalue weighted by atomic mass is 16.5. The van der Waals surface area contributed by atoms with E-state index < -0.39 is 0 Å². The molecule has 3 aromatic rings. The third kappa shape index (κ3) is 3.91. The minimum atomic E-state index is -0.138. The molecule has 0 spiro atoms. The van der Waals surface area contributed by atoms with Crippen molar-refractivity contribution in [3.63, 3.8) is 0 Å². The van der Waals surface area contributed by atoms with Crippen molar-refractivity contribution in [2.45, 2.75) is 26.2 Å².